The summed E-state index contributed by atoms with van der Waals surface area (Å²) in [6.45, 7) is 0. The number of nitrogens with one attached hydrogen (secondary N) is 1. The van der Waals surface area contributed by atoms with Crippen LogP contribution in [0.5, 0.6) is 0 Å². The fourth-order valence-electron chi connectivity index (χ4n) is 1.86. The Labute approximate surface area is 140 Å². The highest BCUT2D eigenvalue weighted by atomic mass is 32.2. The van der Waals surface area contributed by atoms with Crippen molar-refractivity contribution in [2.75, 3.05) is 4.72 Å². The van der Waals surface area contributed by atoms with Crippen molar-refractivity contribution < 1.29 is 14.3 Å². The Balaban J connectivity index is 1.69. The van der Waals surface area contributed by atoms with Crippen LogP contribution in [0.25, 0.3) is 10.6 Å². The van der Waals surface area contributed by atoms with Crippen LogP contribution >= 0.6 is 23.3 Å². The predicted octanol–water partition coefficient (Wildman–Crippen LogP) is 4.77. The molecular formula is C16H11FN2O2S2. The average Bonchev–Trinajstić information content (AvgIpc) is 3.03. The average molecular weight is 346 g/mol. The van der Waals surface area contributed by atoms with Crippen molar-refractivity contribution in [3.63, 3.8) is 0 Å². The number of aromatic nitrogens is 1. The summed E-state index contributed by atoms with van der Waals surface area (Å²) in [5, 5.41) is 9.77. The van der Waals surface area contributed by atoms with Crippen LogP contribution in [0.15, 0.2) is 58.9 Å². The molecule has 23 heavy (non-hydrogen) atoms. The van der Waals surface area contributed by atoms with Gasteiger partial charge < -0.3 is 9.83 Å². The minimum Gasteiger partial charge on any atom is -0.478 e. The quantitative estimate of drug-likeness (QED) is 0.652. The molecule has 0 saturated heterocycles. The molecule has 1 heterocycles. The second kappa shape index (κ2) is 6.80. The number of rotatable bonds is 5. The molecule has 116 valence electrons. The van der Waals surface area contributed by atoms with Gasteiger partial charge in [-0.05, 0) is 54.4 Å². The predicted molar refractivity (Wildman–Crippen MR) is 90.4 cm³/mol. The van der Waals surface area contributed by atoms with E-state index in [2.05, 4.69) is 9.71 Å². The maximum Gasteiger partial charge on any atom is 0.335 e. The Morgan fingerprint density at radius 1 is 1.22 bits per heavy atom. The van der Waals surface area contributed by atoms with Crippen LogP contribution in [0.2, 0.25) is 0 Å². The van der Waals surface area contributed by atoms with Crippen molar-refractivity contribution in [1.82, 2.24) is 4.98 Å². The number of carboxylic acid groups (broad SMARTS) is 1. The first kappa shape index (κ1) is 15.5. The Kier molecular flexibility index (Phi) is 4.59. The molecule has 1 aromatic heterocycles. The number of nitrogens with zero attached hydrogens (tertiary/aromatic N) is 1. The molecule has 0 saturated carbocycles. The number of hydrogen-bond donors (Lipinski definition) is 2. The number of hydrogen-bond acceptors (Lipinski definition) is 5. The molecule has 0 bridgehead atoms. The van der Waals surface area contributed by atoms with Gasteiger partial charge in [-0.25, -0.2) is 14.2 Å². The zero-order valence-corrected chi connectivity index (χ0v) is 13.3. The molecule has 3 aromatic rings. The molecule has 0 radical (unpaired) electrons. The van der Waals surface area contributed by atoms with Gasteiger partial charge in [0.1, 0.15) is 15.0 Å². The number of anilines is 1. The van der Waals surface area contributed by atoms with Gasteiger partial charge in [-0.3, -0.25) is 0 Å². The highest BCUT2D eigenvalue weighted by Crippen LogP contribution is 2.32. The van der Waals surface area contributed by atoms with E-state index >= 15 is 0 Å². The van der Waals surface area contributed by atoms with Gasteiger partial charge in [0.05, 0.1) is 11.8 Å². The van der Waals surface area contributed by atoms with Crippen LogP contribution in [0.3, 0.4) is 0 Å². The third-order valence-electron chi connectivity index (χ3n) is 2.95. The lowest BCUT2D eigenvalue weighted by molar-refractivity contribution is 0.0697. The molecule has 2 aromatic carbocycles. The van der Waals surface area contributed by atoms with E-state index < -0.39 is 5.97 Å². The van der Waals surface area contributed by atoms with E-state index in [0.29, 0.717) is 5.69 Å². The summed E-state index contributed by atoms with van der Waals surface area (Å²) in [5.41, 5.74) is 1.79. The topological polar surface area (TPSA) is 62.2 Å². The smallest absolute Gasteiger partial charge is 0.335 e. The molecule has 0 spiro atoms. The standard InChI is InChI=1S/C16H11FN2O2S2/c17-12-6-4-10(5-7-12)15-18-9-14(22-15)23-19-13-3-1-2-11(8-13)16(20)21/h1-9,19H,(H,20,21). The van der Waals surface area contributed by atoms with Gasteiger partial charge in [0.15, 0.2) is 0 Å². The molecule has 4 nitrogen and oxygen atoms in total. The van der Waals surface area contributed by atoms with Crippen molar-refractivity contribution in [3.05, 3.63) is 66.1 Å². The zero-order valence-electron chi connectivity index (χ0n) is 11.7. The second-order valence-electron chi connectivity index (χ2n) is 4.58. The van der Waals surface area contributed by atoms with E-state index in [9.17, 15) is 9.18 Å². The lowest BCUT2D eigenvalue weighted by Gasteiger charge is -2.04. The SMILES string of the molecule is O=C(O)c1cccc(NSc2cnc(-c3ccc(F)cc3)s2)c1. The van der Waals surface area contributed by atoms with Gasteiger partial charge in [-0.1, -0.05) is 6.07 Å². The van der Waals surface area contributed by atoms with Gasteiger partial charge in [-0.2, -0.15) is 0 Å². The number of aromatic carboxylic acids is 1. The summed E-state index contributed by atoms with van der Waals surface area (Å²) in [7, 11) is 0. The molecule has 0 atom stereocenters. The highest BCUT2D eigenvalue weighted by Gasteiger charge is 2.07. The van der Waals surface area contributed by atoms with E-state index in [-0.39, 0.29) is 11.4 Å². The van der Waals surface area contributed by atoms with Crippen LogP contribution in [0.4, 0.5) is 10.1 Å². The van der Waals surface area contributed by atoms with Crippen molar-refractivity contribution in [2.24, 2.45) is 0 Å². The lowest BCUT2D eigenvalue weighted by Crippen LogP contribution is -1.96. The first-order chi connectivity index (χ1) is 11.1. The number of thiazole rings is 1. The van der Waals surface area contributed by atoms with Crippen molar-refractivity contribution >= 4 is 34.9 Å². The zero-order chi connectivity index (χ0) is 16.2. The summed E-state index contributed by atoms with van der Waals surface area (Å²) in [6.07, 6.45) is 1.72. The monoisotopic (exact) mass is 346 g/mol. The molecule has 0 aliphatic heterocycles. The van der Waals surface area contributed by atoms with Gasteiger partial charge in [0.2, 0.25) is 0 Å². The molecule has 7 heteroatoms. The summed E-state index contributed by atoms with van der Waals surface area (Å²) in [4.78, 5) is 15.3. The molecule has 0 fully saturated rings. The summed E-state index contributed by atoms with van der Waals surface area (Å²) in [5.74, 6) is -1.24. The van der Waals surface area contributed by atoms with Crippen molar-refractivity contribution in [3.8, 4) is 10.6 Å². The van der Waals surface area contributed by atoms with Crippen LogP contribution in [0, 0.1) is 5.82 Å². The van der Waals surface area contributed by atoms with E-state index in [1.54, 1.807) is 36.5 Å². The Hall–Kier alpha value is -2.38. The number of carbonyl (C=O) groups is 1. The summed E-state index contributed by atoms with van der Waals surface area (Å²) >= 11 is 2.82. The molecule has 0 aliphatic carbocycles. The first-order valence-electron chi connectivity index (χ1n) is 6.60. The van der Waals surface area contributed by atoms with Gasteiger partial charge in [0.25, 0.3) is 0 Å². The number of benzene rings is 2. The lowest BCUT2D eigenvalue weighted by atomic mass is 10.2. The van der Waals surface area contributed by atoms with Gasteiger partial charge in [0, 0.05) is 11.3 Å². The highest BCUT2D eigenvalue weighted by molar-refractivity contribution is 8.02. The van der Waals surface area contributed by atoms with Crippen LogP contribution in [-0.2, 0) is 0 Å². The molecule has 2 N–H and O–H groups in total. The maximum absolute atomic E-state index is 12.9. The van der Waals surface area contributed by atoms with Crippen LogP contribution in [0.1, 0.15) is 10.4 Å². The fourth-order valence-corrected chi connectivity index (χ4v) is 3.49. The summed E-state index contributed by atoms with van der Waals surface area (Å²) < 4.78 is 16.9. The molecular weight excluding hydrogens is 335 g/mol. The minimum atomic E-state index is -0.963. The Bertz CT molecular complexity index is 834. The number of halogens is 1. The minimum absolute atomic E-state index is 0.229. The molecule has 0 amide bonds. The maximum atomic E-state index is 12.9. The van der Waals surface area contributed by atoms with Crippen LogP contribution < -0.4 is 4.72 Å². The van der Waals surface area contributed by atoms with E-state index in [1.165, 1.54) is 41.5 Å². The largest absolute Gasteiger partial charge is 0.478 e. The number of carboxylic acids is 1. The molecule has 0 aliphatic rings. The van der Waals surface area contributed by atoms with Crippen LogP contribution in [-0.4, -0.2) is 16.1 Å². The normalized spacial score (nSPS) is 10.5. The van der Waals surface area contributed by atoms with E-state index in [0.717, 1.165) is 14.8 Å². The van der Waals surface area contributed by atoms with Gasteiger partial charge in [-0.15, -0.1) is 11.3 Å². The Morgan fingerprint density at radius 2 is 2.00 bits per heavy atom. The third kappa shape index (κ3) is 3.88. The first-order valence-corrected chi connectivity index (χ1v) is 8.23. The van der Waals surface area contributed by atoms with Crippen molar-refractivity contribution in [2.45, 2.75) is 4.21 Å². The second-order valence-corrected chi connectivity index (χ2v) is 6.72. The fraction of sp³-hybridized carbons (Fsp3) is 0. The van der Waals surface area contributed by atoms with Gasteiger partial charge >= 0.3 is 5.97 Å². The Morgan fingerprint density at radius 3 is 2.74 bits per heavy atom. The van der Waals surface area contributed by atoms with E-state index in [1.807, 2.05) is 0 Å². The van der Waals surface area contributed by atoms with E-state index in [4.69, 9.17) is 5.11 Å². The molecule has 3 rings (SSSR count). The molecule has 0 unspecified atom stereocenters. The van der Waals surface area contributed by atoms with Crippen molar-refractivity contribution in [1.29, 1.82) is 0 Å². The third-order valence-corrected chi connectivity index (χ3v) is 4.94. The summed E-state index contributed by atoms with van der Waals surface area (Å²) in [6, 6.07) is 12.8.